The average Bonchev–Trinajstić information content (AvgIpc) is 2.91. The van der Waals surface area contributed by atoms with Gasteiger partial charge in [0.15, 0.2) is 0 Å². The number of amides is 2. The number of benzene rings is 1. The van der Waals surface area contributed by atoms with Crippen molar-refractivity contribution in [1.29, 1.82) is 0 Å². The van der Waals surface area contributed by atoms with Gasteiger partial charge in [-0.25, -0.2) is 5.43 Å². The minimum atomic E-state index is -0.537. The van der Waals surface area contributed by atoms with Crippen molar-refractivity contribution < 1.29 is 36.9 Å². The maximum Gasteiger partial charge on any atom is 2.00 e. The standard InChI is InChI=1S/C13H22N3O2.C13H16N3O2.Mn/c2*17-12-7-2-1-6-11(12)13(18)16-15-9-10-5-3-4-8-14-10;/h9-12,17H,1-8H2,(H,16,18);1-2,6-7,9-10,17H,3-5,8H2,(H,16,18);/q2*-1;+2/p-2/b15-9-;15-9+;. The Morgan fingerprint density at radius 2 is 1.57 bits per heavy atom. The molecule has 2 N–H and O–H groups in total. The summed E-state index contributed by atoms with van der Waals surface area (Å²) >= 11 is 0. The summed E-state index contributed by atoms with van der Waals surface area (Å²) in [6.45, 7) is 1.74. The zero-order chi connectivity index (χ0) is 25.6. The Balaban J connectivity index is 0.000000253. The maximum atomic E-state index is 11.8. The van der Waals surface area contributed by atoms with Crippen molar-refractivity contribution in [2.45, 2.75) is 82.4 Å². The zero-order valence-corrected chi connectivity index (χ0v) is 22.2. The number of hydrogen-bond acceptors (Lipinski definition) is 6. The average molecular weight is 552 g/mol. The molecule has 1 saturated carbocycles. The van der Waals surface area contributed by atoms with Crippen LogP contribution in [0.25, 0.3) is 16.1 Å². The van der Waals surface area contributed by atoms with E-state index < -0.39 is 12.0 Å². The van der Waals surface area contributed by atoms with Crippen LogP contribution in [0, 0.1) is 5.92 Å². The molecule has 1 aromatic rings. The predicted molar refractivity (Wildman–Crippen MR) is 138 cm³/mol. The number of carbonyl (C=O) groups excluding carboxylic acids is 2. The molecule has 2 aliphatic heterocycles. The number of carbonyl (C=O) groups is 2. The molecule has 4 atom stereocenters. The van der Waals surface area contributed by atoms with Gasteiger partial charge in [-0.1, -0.05) is 87.4 Å². The summed E-state index contributed by atoms with van der Waals surface area (Å²) in [6, 6.07) is 6.29. The van der Waals surface area contributed by atoms with Crippen molar-refractivity contribution in [2.24, 2.45) is 16.1 Å². The van der Waals surface area contributed by atoms with Crippen LogP contribution in [0.4, 0.5) is 0 Å². The van der Waals surface area contributed by atoms with Crippen LogP contribution in [-0.4, -0.2) is 60.6 Å². The molecule has 4 rings (SSSR count). The van der Waals surface area contributed by atoms with E-state index in [4.69, 9.17) is 0 Å². The number of nitrogens with zero attached hydrogens (tertiary/aromatic N) is 5. The molecule has 2 saturated heterocycles. The van der Waals surface area contributed by atoms with Crippen LogP contribution in [0.1, 0.15) is 74.6 Å². The van der Waals surface area contributed by atoms with Crippen LogP contribution in [0.5, 0.6) is 5.75 Å². The van der Waals surface area contributed by atoms with Gasteiger partial charge in [0.25, 0.3) is 5.91 Å². The third-order valence-corrected chi connectivity index (χ3v) is 6.53. The van der Waals surface area contributed by atoms with E-state index in [0.717, 1.165) is 70.9 Å². The Kier molecular flexibility index (Phi) is 14.4. The van der Waals surface area contributed by atoms with Crippen molar-refractivity contribution in [3.63, 3.8) is 0 Å². The van der Waals surface area contributed by atoms with Crippen molar-refractivity contribution in [2.75, 3.05) is 13.1 Å². The molecular formula is C26H36MnN6O4-2. The van der Waals surface area contributed by atoms with E-state index in [1.807, 2.05) is 0 Å². The smallest absolute Gasteiger partial charge is 0.872 e. The Labute approximate surface area is 229 Å². The molecule has 203 valence electrons. The summed E-state index contributed by atoms with van der Waals surface area (Å²) in [5, 5.41) is 37.6. The molecule has 0 spiro atoms. The molecule has 11 heteroatoms. The molecule has 1 aromatic carbocycles. The fourth-order valence-electron chi connectivity index (χ4n) is 4.41. The second-order valence-electron chi connectivity index (χ2n) is 9.31. The molecule has 3 aliphatic rings. The van der Waals surface area contributed by atoms with Gasteiger partial charge in [-0.2, -0.15) is 5.10 Å². The van der Waals surface area contributed by atoms with E-state index >= 15 is 0 Å². The molecule has 1 aliphatic carbocycles. The minimum Gasteiger partial charge on any atom is -0.872 e. The Morgan fingerprint density at radius 3 is 2.19 bits per heavy atom. The van der Waals surface area contributed by atoms with Gasteiger partial charge >= 0.3 is 17.1 Å². The maximum absolute atomic E-state index is 11.8. The van der Waals surface area contributed by atoms with E-state index in [1.165, 1.54) is 12.1 Å². The molecular weight excluding hydrogens is 515 g/mol. The number of hydrazone groups is 1. The van der Waals surface area contributed by atoms with Gasteiger partial charge in [0, 0.05) is 17.7 Å². The fraction of sp³-hybridized carbons (Fsp3) is 0.615. The van der Waals surface area contributed by atoms with Crippen molar-refractivity contribution in [1.82, 2.24) is 5.43 Å². The van der Waals surface area contributed by atoms with E-state index in [-0.39, 0.29) is 52.3 Å². The van der Waals surface area contributed by atoms with Crippen molar-refractivity contribution in [3.8, 4) is 5.75 Å². The first kappa shape index (κ1) is 30.9. The summed E-state index contributed by atoms with van der Waals surface area (Å²) in [4.78, 5) is 23.4. The van der Waals surface area contributed by atoms with Crippen LogP contribution in [0.2, 0.25) is 0 Å². The molecule has 1 radical (unpaired) electrons. The van der Waals surface area contributed by atoms with E-state index in [2.05, 4.69) is 31.7 Å². The third-order valence-electron chi connectivity index (χ3n) is 6.53. The number of rotatable bonds is 6. The summed E-state index contributed by atoms with van der Waals surface area (Å²) in [5.74, 6) is -1.41. The van der Waals surface area contributed by atoms with Crippen molar-refractivity contribution in [3.05, 3.63) is 45.9 Å². The molecule has 37 heavy (non-hydrogen) atoms. The second kappa shape index (κ2) is 17.3. The van der Waals surface area contributed by atoms with Crippen LogP contribution in [-0.2, 0) is 21.9 Å². The third kappa shape index (κ3) is 10.9. The van der Waals surface area contributed by atoms with Gasteiger partial charge in [-0.05, 0) is 19.1 Å². The van der Waals surface area contributed by atoms with Crippen LogP contribution in [0.3, 0.4) is 0 Å². The topological polar surface area (TPSA) is 156 Å². The molecule has 3 fully saturated rings. The first-order chi connectivity index (χ1) is 17.5. The van der Waals surface area contributed by atoms with Crippen molar-refractivity contribution >= 4 is 24.2 Å². The molecule has 10 nitrogen and oxygen atoms in total. The second-order valence-corrected chi connectivity index (χ2v) is 9.31. The van der Waals surface area contributed by atoms with E-state index in [0.29, 0.717) is 6.42 Å². The van der Waals surface area contributed by atoms with Crippen LogP contribution >= 0.6 is 0 Å². The molecule has 0 bridgehead atoms. The first-order valence-electron chi connectivity index (χ1n) is 12.9. The Hall–Kier alpha value is -2.30. The van der Waals surface area contributed by atoms with Gasteiger partial charge in [0.05, 0.1) is 12.0 Å². The van der Waals surface area contributed by atoms with Crippen LogP contribution in [0.15, 0.2) is 34.5 Å². The van der Waals surface area contributed by atoms with E-state index in [9.17, 15) is 19.8 Å². The Bertz CT molecular complexity index is 888. The number of aliphatic hydroxyl groups is 1. The predicted octanol–water partition coefficient (Wildman–Crippen LogP) is 3.75. The summed E-state index contributed by atoms with van der Waals surface area (Å²) in [6.07, 6.45) is 12.7. The molecule has 2 heterocycles. The SMILES string of the molecule is O=C(N/N=C/C1CCCC[N-]1)c1ccccc1[O-].O=C([N-]/N=C\C1CCCC[N-]1)C1CCCCC1O.[Mn+2]. The summed E-state index contributed by atoms with van der Waals surface area (Å²) in [7, 11) is 0. The molecule has 4 unspecified atom stereocenters. The number of aliphatic hydroxyl groups excluding tert-OH is 1. The minimum absolute atomic E-state index is 0. The zero-order valence-electron chi connectivity index (χ0n) is 21.0. The number of hydrogen-bond donors (Lipinski definition) is 2. The Morgan fingerprint density at radius 1 is 0.946 bits per heavy atom. The number of nitrogens with one attached hydrogen (secondary N) is 1. The summed E-state index contributed by atoms with van der Waals surface area (Å²) < 4.78 is 0. The molecule has 2 amide bonds. The van der Waals surface area contributed by atoms with Gasteiger partial charge in [-0.15, -0.1) is 19.1 Å². The van der Waals surface area contributed by atoms with Gasteiger partial charge < -0.3 is 36.2 Å². The monoisotopic (exact) mass is 551 g/mol. The van der Waals surface area contributed by atoms with Gasteiger partial charge in [-0.3, -0.25) is 4.79 Å². The number of para-hydroxylation sites is 1. The summed E-state index contributed by atoms with van der Waals surface area (Å²) in [5.41, 5.74) is 6.17. The molecule has 0 aromatic heterocycles. The normalized spacial score (nSPS) is 26.0. The van der Waals surface area contributed by atoms with E-state index in [1.54, 1.807) is 24.6 Å². The van der Waals surface area contributed by atoms with Crippen LogP contribution < -0.4 is 10.5 Å². The fourth-order valence-corrected chi connectivity index (χ4v) is 4.41. The quantitative estimate of drug-likeness (QED) is 0.314. The van der Waals surface area contributed by atoms with Gasteiger partial charge in [0.1, 0.15) is 0 Å². The first-order valence-corrected chi connectivity index (χ1v) is 12.9. The largest absolute Gasteiger partial charge is 2.00 e. The van der Waals surface area contributed by atoms with Gasteiger partial charge in [0.2, 0.25) is 0 Å². The number of piperidine rings is 2.